The van der Waals surface area contributed by atoms with Crippen LogP contribution < -0.4 is 5.32 Å². The van der Waals surface area contributed by atoms with Gasteiger partial charge in [-0.05, 0) is 25.8 Å². The molecule has 102 valence electrons. The van der Waals surface area contributed by atoms with Crippen LogP contribution in [0.1, 0.15) is 33.1 Å². The molecule has 0 amide bonds. The van der Waals surface area contributed by atoms with Gasteiger partial charge >= 0.3 is 0 Å². The molecule has 0 saturated carbocycles. The Morgan fingerprint density at radius 3 is 2.94 bits per heavy atom. The molecule has 0 radical (unpaired) electrons. The predicted molar refractivity (Wildman–Crippen MR) is 70.3 cm³/mol. The van der Waals surface area contributed by atoms with Gasteiger partial charge in [-0.25, -0.2) is 0 Å². The van der Waals surface area contributed by atoms with Crippen molar-refractivity contribution in [1.29, 1.82) is 0 Å². The first-order valence-electron chi connectivity index (χ1n) is 6.97. The lowest BCUT2D eigenvalue weighted by Crippen LogP contribution is -2.47. The largest absolute Gasteiger partial charge is 0.395 e. The highest BCUT2D eigenvalue weighted by Gasteiger charge is 2.21. The maximum atomic E-state index is 9.30. The molecule has 1 rings (SSSR count). The summed E-state index contributed by atoms with van der Waals surface area (Å²) in [6.07, 6.45) is 3.28. The number of aliphatic hydroxyl groups excluding tert-OH is 1. The summed E-state index contributed by atoms with van der Waals surface area (Å²) < 4.78 is 5.49. The molecule has 1 aliphatic heterocycles. The quantitative estimate of drug-likeness (QED) is 0.664. The molecule has 1 aliphatic rings. The Morgan fingerprint density at radius 1 is 1.47 bits per heavy atom. The van der Waals surface area contributed by atoms with Crippen molar-refractivity contribution in [3.05, 3.63) is 0 Å². The first-order valence-corrected chi connectivity index (χ1v) is 6.97. The molecule has 1 heterocycles. The molecule has 2 N–H and O–H groups in total. The van der Waals surface area contributed by atoms with Gasteiger partial charge in [0.1, 0.15) is 0 Å². The SMILES string of the molecule is CCCNC(CO)CCN1CCOCC1CC. The van der Waals surface area contributed by atoms with Gasteiger partial charge in [0.05, 0.1) is 19.8 Å². The van der Waals surface area contributed by atoms with Crippen LogP contribution in [0.25, 0.3) is 0 Å². The third-order valence-corrected chi connectivity index (χ3v) is 3.49. The van der Waals surface area contributed by atoms with Gasteiger partial charge in [0, 0.05) is 25.2 Å². The Labute approximate surface area is 105 Å². The first kappa shape index (κ1) is 14.9. The fourth-order valence-electron chi connectivity index (χ4n) is 2.29. The Morgan fingerprint density at radius 2 is 2.29 bits per heavy atom. The van der Waals surface area contributed by atoms with Crippen molar-refractivity contribution in [3.8, 4) is 0 Å². The van der Waals surface area contributed by atoms with E-state index < -0.39 is 0 Å². The second kappa shape index (κ2) is 8.86. The summed E-state index contributed by atoms with van der Waals surface area (Å²) in [6.45, 7) is 9.40. The van der Waals surface area contributed by atoms with Crippen molar-refractivity contribution >= 4 is 0 Å². The standard InChI is InChI=1S/C13H28N2O2/c1-3-6-14-12(10-16)5-7-15-8-9-17-11-13(15)4-2/h12-14,16H,3-11H2,1-2H3. The molecule has 0 bridgehead atoms. The summed E-state index contributed by atoms with van der Waals surface area (Å²) in [4.78, 5) is 2.50. The average molecular weight is 244 g/mol. The highest BCUT2D eigenvalue weighted by atomic mass is 16.5. The minimum atomic E-state index is 0.237. The van der Waals surface area contributed by atoms with E-state index in [4.69, 9.17) is 4.74 Å². The summed E-state index contributed by atoms with van der Waals surface area (Å²) >= 11 is 0. The average Bonchev–Trinajstić information content (AvgIpc) is 2.39. The van der Waals surface area contributed by atoms with E-state index >= 15 is 0 Å². The van der Waals surface area contributed by atoms with Gasteiger partial charge in [-0.15, -0.1) is 0 Å². The zero-order valence-corrected chi connectivity index (χ0v) is 11.3. The predicted octanol–water partition coefficient (Wildman–Crippen LogP) is 0.848. The molecule has 1 saturated heterocycles. The van der Waals surface area contributed by atoms with Crippen molar-refractivity contribution in [2.24, 2.45) is 0 Å². The number of hydrogen-bond donors (Lipinski definition) is 2. The van der Waals surface area contributed by atoms with Crippen LogP contribution in [0, 0.1) is 0 Å². The number of hydrogen-bond acceptors (Lipinski definition) is 4. The fourth-order valence-corrected chi connectivity index (χ4v) is 2.29. The number of morpholine rings is 1. The number of aliphatic hydroxyl groups is 1. The number of nitrogens with one attached hydrogen (secondary N) is 1. The second-order valence-corrected chi connectivity index (χ2v) is 4.80. The molecule has 0 aromatic heterocycles. The van der Waals surface area contributed by atoms with Gasteiger partial charge in [0.2, 0.25) is 0 Å². The molecule has 4 nitrogen and oxygen atoms in total. The highest BCUT2D eigenvalue weighted by molar-refractivity contribution is 4.76. The van der Waals surface area contributed by atoms with Crippen LogP contribution in [0.3, 0.4) is 0 Å². The summed E-state index contributed by atoms with van der Waals surface area (Å²) in [5, 5.41) is 12.7. The van der Waals surface area contributed by atoms with Gasteiger partial charge in [-0.1, -0.05) is 13.8 Å². The minimum absolute atomic E-state index is 0.237. The van der Waals surface area contributed by atoms with Gasteiger partial charge in [0.25, 0.3) is 0 Å². The summed E-state index contributed by atoms with van der Waals surface area (Å²) in [5.41, 5.74) is 0. The van der Waals surface area contributed by atoms with Crippen LogP contribution in [0.2, 0.25) is 0 Å². The van der Waals surface area contributed by atoms with Gasteiger partial charge in [0.15, 0.2) is 0 Å². The van der Waals surface area contributed by atoms with Crippen LogP contribution >= 0.6 is 0 Å². The van der Waals surface area contributed by atoms with Crippen molar-refractivity contribution in [2.75, 3.05) is 39.5 Å². The van der Waals surface area contributed by atoms with E-state index in [0.29, 0.717) is 6.04 Å². The van der Waals surface area contributed by atoms with Crippen molar-refractivity contribution in [2.45, 2.75) is 45.2 Å². The maximum Gasteiger partial charge on any atom is 0.0622 e. The molecule has 4 heteroatoms. The summed E-state index contributed by atoms with van der Waals surface area (Å²) in [7, 11) is 0. The Kier molecular flexibility index (Phi) is 7.77. The fraction of sp³-hybridized carbons (Fsp3) is 1.00. The van der Waals surface area contributed by atoms with Crippen molar-refractivity contribution in [3.63, 3.8) is 0 Å². The van der Waals surface area contributed by atoms with E-state index in [1.165, 1.54) is 0 Å². The number of nitrogens with zero attached hydrogens (tertiary/aromatic N) is 1. The Bertz CT molecular complexity index is 190. The molecule has 1 fully saturated rings. The van der Waals surface area contributed by atoms with Crippen LogP contribution in [0.4, 0.5) is 0 Å². The normalized spacial score (nSPS) is 23.8. The molecular formula is C13H28N2O2. The van der Waals surface area contributed by atoms with Crippen molar-refractivity contribution in [1.82, 2.24) is 10.2 Å². The smallest absolute Gasteiger partial charge is 0.0622 e. The monoisotopic (exact) mass is 244 g/mol. The van der Waals surface area contributed by atoms with E-state index in [9.17, 15) is 5.11 Å². The molecular weight excluding hydrogens is 216 g/mol. The Balaban J connectivity index is 2.26. The van der Waals surface area contributed by atoms with Crippen LogP contribution in [0.5, 0.6) is 0 Å². The summed E-state index contributed by atoms with van der Waals surface area (Å²) in [6, 6.07) is 0.810. The summed E-state index contributed by atoms with van der Waals surface area (Å²) in [5.74, 6) is 0. The van der Waals surface area contributed by atoms with E-state index in [-0.39, 0.29) is 12.6 Å². The third kappa shape index (κ3) is 5.34. The lowest BCUT2D eigenvalue weighted by atomic mass is 10.1. The molecule has 2 unspecified atom stereocenters. The van der Waals surface area contributed by atoms with Crippen LogP contribution in [-0.2, 0) is 4.74 Å². The van der Waals surface area contributed by atoms with Crippen LogP contribution in [-0.4, -0.2) is 61.5 Å². The second-order valence-electron chi connectivity index (χ2n) is 4.80. The van der Waals surface area contributed by atoms with E-state index in [0.717, 1.165) is 52.1 Å². The highest BCUT2D eigenvalue weighted by Crippen LogP contribution is 2.11. The van der Waals surface area contributed by atoms with Gasteiger partial charge < -0.3 is 15.2 Å². The maximum absolute atomic E-state index is 9.30. The number of ether oxygens (including phenoxy) is 1. The molecule has 0 aliphatic carbocycles. The Hall–Kier alpha value is -0.160. The van der Waals surface area contributed by atoms with E-state index in [1.807, 2.05) is 0 Å². The molecule has 0 spiro atoms. The first-order chi connectivity index (χ1) is 8.31. The number of rotatable bonds is 8. The lowest BCUT2D eigenvalue weighted by molar-refractivity contribution is -0.0107. The lowest BCUT2D eigenvalue weighted by Gasteiger charge is -2.35. The zero-order chi connectivity index (χ0) is 12.5. The zero-order valence-electron chi connectivity index (χ0n) is 11.3. The van der Waals surface area contributed by atoms with E-state index in [1.54, 1.807) is 0 Å². The molecule has 2 atom stereocenters. The van der Waals surface area contributed by atoms with E-state index in [2.05, 4.69) is 24.1 Å². The molecule has 17 heavy (non-hydrogen) atoms. The topological polar surface area (TPSA) is 44.7 Å². The minimum Gasteiger partial charge on any atom is -0.395 e. The van der Waals surface area contributed by atoms with Gasteiger partial charge in [-0.2, -0.15) is 0 Å². The third-order valence-electron chi connectivity index (χ3n) is 3.49. The molecule has 0 aromatic carbocycles. The van der Waals surface area contributed by atoms with Gasteiger partial charge in [-0.3, -0.25) is 4.90 Å². The van der Waals surface area contributed by atoms with Crippen molar-refractivity contribution < 1.29 is 9.84 Å². The molecule has 0 aromatic rings. The van der Waals surface area contributed by atoms with Crippen LogP contribution in [0.15, 0.2) is 0 Å².